The first-order valence-corrected chi connectivity index (χ1v) is 9.09. The summed E-state index contributed by atoms with van der Waals surface area (Å²) in [5, 5.41) is 8.78. The van der Waals surface area contributed by atoms with Crippen molar-refractivity contribution in [2.75, 3.05) is 39.3 Å². The highest BCUT2D eigenvalue weighted by Crippen LogP contribution is 2.23. The Morgan fingerprint density at radius 2 is 1.85 bits per heavy atom. The smallest absolute Gasteiger partial charge is 0.255 e. The van der Waals surface area contributed by atoms with Crippen LogP contribution in [-0.4, -0.2) is 75.8 Å². The number of likely N-dealkylation sites (tertiary alicyclic amines) is 1. The summed E-state index contributed by atoms with van der Waals surface area (Å²) in [6.45, 7) is 9.78. The maximum absolute atomic E-state index is 13.1. The number of halogens is 2. The number of fused-ring (bicyclic) bond motifs is 1. The maximum Gasteiger partial charge on any atom is 0.255 e. The zero-order valence-corrected chi connectivity index (χ0v) is 17.7. The molecule has 0 saturated carbocycles. The molecular weight excluding hydrogens is 387 g/mol. The summed E-state index contributed by atoms with van der Waals surface area (Å²) in [6.07, 6.45) is 1.06. The van der Waals surface area contributed by atoms with Gasteiger partial charge in [0.25, 0.3) is 5.91 Å². The van der Waals surface area contributed by atoms with E-state index in [1.807, 2.05) is 31.9 Å². The summed E-state index contributed by atoms with van der Waals surface area (Å²) in [7, 11) is 1.89. The standard InChI is InChI=1S/C18H26N6O.2ClH/c1-12-16(10-15-13(2)21-22(3)17(15)20-12)18(25)24-7-4-14(11-24)23-8-5-19-6-9-23;;/h10,14,19H,4-9,11H2,1-3H3;2*1H. The van der Waals surface area contributed by atoms with Gasteiger partial charge in [0.1, 0.15) is 0 Å². The van der Waals surface area contributed by atoms with Crippen molar-refractivity contribution in [1.29, 1.82) is 0 Å². The zero-order chi connectivity index (χ0) is 17.6. The molecule has 2 aromatic heterocycles. The second kappa shape index (κ2) is 8.73. The normalized spacial score (nSPS) is 20.4. The lowest BCUT2D eigenvalue weighted by Gasteiger charge is -2.32. The second-order valence-electron chi connectivity index (χ2n) is 7.18. The number of rotatable bonds is 2. The van der Waals surface area contributed by atoms with Crippen LogP contribution in [0.1, 0.15) is 28.2 Å². The van der Waals surface area contributed by atoms with Gasteiger partial charge in [0.15, 0.2) is 5.65 Å². The number of hydrogen-bond donors (Lipinski definition) is 1. The lowest BCUT2D eigenvalue weighted by Crippen LogP contribution is -2.49. The third-order valence-corrected chi connectivity index (χ3v) is 5.54. The van der Waals surface area contributed by atoms with Crippen molar-refractivity contribution in [2.45, 2.75) is 26.3 Å². The summed E-state index contributed by atoms with van der Waals surface area (Å²) >= 11 is 0. The Kier molecular flexibility index (Phi) is 7.08. The van der Waals surface area contributed by atoms with Gasteiger partial charge in [0.2, 0.25) is 0 Å². The Hall–Kier alpha value is -1.41. The molecule has 2 fully saturated rings. The van der Waals surface area contributed by atoms with Crippen LogP contribution in [0, 0.1) is 13.8 Å². The van der Waals surface area contributed by atoms with E-state index in [4.69, 9.17) is 0 Å². The predicted molar refractivity (Wildman–Crippen MR) is 111 cm³/mol. The number of amides is 1. The summed E-state index contributed by atoms with van der Waals surface area (Å²) < 4.78 is 1.78. The van der Waals surface area contributed by atoms with Crippen LogP contribution in [0.15, 0.2) is 6.07 Å². The van der Waals surface area contributed by atoms with Crippen molar-refractivity contribution >= 4 is 41.8 Å². The minimum Gasteiger partial charge on any atom is -0.337 e. The minimum atomic E-state index is 0. The fourth-order valence-electron chi connectivity index (χ4n) is 4.09. The van der Waals surface area contributed by atoms with E-state index in [1.165, 1.54) is 0 Å². The minimum absolute atomic E-state index is 0. The molecule has 0 aromatic carbocycles. The van der Waals surface area contributed by atoms with Crippen LogP contribution < -0.4 is 5.32 Å². The van der Waals surface area contributed by atoms with Crippen molar-refractivity contribution in [2.24, 2.45) is 7.05 Å². The number of nitrogens with one attached hydrogen (secondary N) is 1. The highest BCUT2D eigenvalue weighted by Gasteiger charge is 2.32. The monoisotopic (exact) mass is 414 g/mol. The third kappa shape index (κ3) is 4.06. The molecule has 7 nitrogen and oxygen atoms in total. The number of pyridine rings is 1. The van der Waals surface area contributed by atoms with Crippen LogP contribution in [0.4, 0.5) is 0 Å². The fourth-order valence-corrected chi connectivity index (χ4v) is 4.09. The first kappa shape index (κ1) is 21.9. The Morgan fingerprint density at radius 1 is 1.15 bits per heavy atom. The van der Waals surface area contributed by atoms with Gasteiger partial charge in [-0.2, -0.15) is 5.10 Å². The quantitative estimate of drug-likeness (QED) is 0.807. The topological polar surface area (TPSA) is 66.3 Å². The van der Waals surface area contributed by atoms with Crippen LogP contribution in [0.2, 0.25) is 0 Å². The summed E-state index contributed by atoms with van der Waals surface area (Å²) in [6, 6.07) is 2.46. The van der Waals surface area contributed by atoms with Crippen LogP contribution in [-0.2, 0) is 7.05 Å². The average molecular weight is 415 g/mol. The van der Waals surface area contributed by atoms with Gasteiger partial charge < -0.3 is 10.2 Å². The van der Waals surface area contributed by atoms with E-state index in [0.717, 1.165) is 68.1 Å². The van der Waals surface area contributed by atoms with Gasteiger partial charge in [-0.3, -0.25) is 14.4 Å². The van der Waals surface area contributed by atoms with Crippen molar-refractivity contribution in [3.05, 3.63) is 23.0 Å². The van der Waals surface area contributed by atoms with Gasteiger partial charge in [0.05, 0.1) is 17.0 Å². The van der Waals surface area contributed by atoms with Crippen LogP contribution >= 0.6 is 24.8 Å². The Labute approximate surface area is 172 Å². The fraction of sp³-hybridized carbons (Fsp3) is 0.611. The number of carbonyl (C=O) groups is 1. The van der Waals surface area contributed by atoms with Crippen LogP contribution in [0.25, 0.3) is 11.0 Å². The predicted octanol–water partition coefficient (Wildman–Crippen LogP) is 1.55. The molecule has 2 aliphatic rings. The molecule has 2 aromatic rings. The lowest BCUT2D eigenvalue weighted by molar-refractivity contribution is 0.0772. The molecule has 0 aliphatic carbocycles. The van der Waals surface area contributed by atoms with E-state index < -0.39 is 0 Å². The van der Waals surface area contributed by atoms with Crippen molar-refractivity contribution < 1.29 is 4.79 Å². The van der Waals surface area contributed by atoms with E-state index >= 15 is 0 Å². The van der Waals surface area contributed by atoms with Gasteiger partial charge >= 0.3 is 0 Å². The van der Waals surface area contributed by atoms with E-state index in [1.54, 1.807) is 4.68 Å². The molecule has 0 spiro atoms. The van der Waals surface area contributed by atoms with Gasteiger partial charge in [-0.05, 0) is 26.3 Å². The SMILES string of the molecule is Cc1nc2c(cc1C(=O)N1CCC(N3CCNCC3)C1)c(C)nn2C.Cl.Cl. The maximum atomic E-state index is 13.1. The molecule has 1 amide bonds. The molecule has 1 N–H and O–H groups in total. The van der Waals surface area contributed by atoms with E-state index in [9.17, 15) is 4.79 Å². The van der Waals surface area contributed by atoms with E-state index in [0.29, 0.717) is 11.6 Å². The molecule has 2 aliphatic heterocycles. The molecule has 4 rings (SSSR count). The number of nitrogens with zero attached hydrogens (tertiary/aromatic N) is 5. The second-order valence-corrected chi connectivity index (χ2v) is 7.18. The molecule has 0 radical (unpaired) electrons. The van der Waals surface area contributed by atoms with Gasteiger partial charge in [0, 0.05) is 57.7 Å². The molecule has 9 heteroatoms. The summed E-state index contributed by atoms with van der Waals surface area (Å²) in [5.74, 6) is 0.104. The average Bonchev–Trinajstić information content (AvgIpc) is 3.20. The molecule has 2 saturated heterocycles. The molecule has 150 valence electrons. The van der Waals surface area contributed by atoms with Crippen molar-refractivity contribution in [3.63, 3.8) is 0 Å². The van der Waals surface area contributed by atoms with Gasteiger partial charge in [-0.15, -0.1) is 24.8 Å². The van der Waals surface area contributed by atoms with Gasteiger partial charge in [-0.25, -0.2) is 4.98 Å². The van der Waals surface area contributed by atoms with Crippen LogP contribution in [0.5, 0.6) is 0 Å². The Morgan fingerprint density at radius 3 is 2.56 bits per heavy atom. The zero-order valence-electron chi connectivity index (χ0n) is 16.1. The number of carbonyl (C=O) groups excluding carboxylic acids is 1. The van der Waals surface area contributed by atoms with E-state index in [-0.39, 0.29) is 30.7 Å². The highest BCUT2D eigenvalue weighted by atomic mass is 35.5. The molecule has 4 heterocycles. The van der Waals surface area contributed by atoms with Crippen molar-refractivity contribution in [3.8, 4) is 0 Å². The Balaban J connectivity index is 0.00000131. The van der Waals surface area contributed by atoms with Gasteiger partial charge in [-0.1, -0.05) is 0 Å². The highest BCUT2D eigenvalue weighted by molar-refractivity contribution is 5.98. The molecule has 0 bridgehead atoms. The van der Waals surface area contributed by atoms with Crippen molar-refractivity contribution in [1.82, 2.24) is 29.9 Å². The number of aryl methyl sites for hydroxylation is 3. The lowest BCUT2D eigenvalue weighted by atomic mass is 10.1. The molecule has 1 unspecified atom stereocenters. The summed E-state index contributed by atoms with van der Waals surface area (Å²) in [4.78, 5) is 22.2. The molecule has 1 atom stereocenters. The number of hydrogen-bond acceptors (Lipinski definition) is 5. The van der Waals surface area contributed by atoms with E-state index in [2.05, 4.69) is 20.3 Å². The first-order valence-electron chi connectivity index (χ1n) is 9.09. The Bertz CT molecular complexity index is 818. The number of aromatic nitrogens is 3. The summed E-state index contributed by atoms with van der Waals surface area (Å²) in [5.41, 5.74) is 3.25. The molecular formula is C18H28Cl2N6O. The number of piperazine rings is 1. The largest absolute Gasteiger partial charge is 0.337 e. The molecule has 27 heavy (non-hydrogen) atoms. The third-order valence-electron chi connectivity index (χ3n) is 5.54. The van der Waals surface area contributed by atoms with Crippen LogP contribution in [0.3, 0.4) is 0 Å². The first-order chi connectivity index (χ1) is 12.0.